The van der Waals surface area contributed by atoms with Gasteiger partial charge in [0.15, 0.2) is 0 Å². The van der Waals surface area contributed by atoms with Gasteiger partial charge in [0, 0.05) is 10.9 Å². The molecule has 1 aromatic rings. The largest absolute Gasteiger partial charge is 0.351 e. The molecule has 3 atom stereocenters. The van der Waals surface area contributed by atoms with Crippen molar-refractivity contribution in [3.8, 4) is 0 Å². The van der Waals surface area contributed by atoms with E-state index in [4.69, 9.17) is 0 Å². The molecule has 29 heavy (non-hydrogen) atoms. The number of halogens is 1. The van der Waals surface area contributed by atoms with Crippen molar-refractivity contribution in [3.05, 3.63) is 30.1 Å². The van der Waals surface area contributed by atoms with Crippen molar-refractivity contribution in [1.29, 1.82) is 0 Å². The molecule has 1 fully saturated rings. The molecule has 3 unspecified atom stereocenters. The molecule has 1 amide bonds. The number of carbonyl (C=O) groups excluding carboxylic acids is 1. The molecule has 0 aliphatic heterocycles. The molecule has 2 N–H and O–H groups in total. The fourth-order valence-electron chi connectivity index (χ4n) is 4.81. The van der Waals surface area contributed by atoms with Gasteiger partial charge < -0.3 is 5.32 Å². The predicted molar refractivity (Wildman–Crippen MR) is 121 cm³/mol. The Morgan fingerprint density at radius 2 is 1.79 bits per heavy atom. The number of benzene rings is 1. The Balaban J connectivity index is 2.08. The molecule has 0 saturated heterocycles. The van der Waals surface area contributed by atoms with Crippen molar-refractivity contribution in [2.45, 2.75) is 90.1 Å². The van der Waals surface area contributed by atoms with E-state index in [1.54, 1.807) is 6.07 Å². The lowest BCUT2D eigenvalue weighted by atomic mass is 9.70. The van der Waals surface area contributed by atoms with E-state index in [0.717, 1.165) is 17.7 Å². The van der Waals surface area contributed by atoms with Gasteiger partial charge in [-0.05, 0) is 86.9 Å². The summed E-state index contributed by atoms with van der Waals surface area (Å²) in [7, 11) is 0. The molecule has 1 aliphatic carbocycles. The third kappa shape index (κ3) is 6.99. The number of carbonyl (C=O) groups is 1. The number of hydrogen-bond acceptors (Lipinski definition) is 3. The maximum atomic E-state index is 13.4. The molecule has 5 heteroatoms. The van der Waals surface area contributed by atoms with Crippen LogP contribution in [0.15, 0.2) is 29.2 Å². The van der Waals surface area contributed by atoms with E-state index in [2.05, 4.69) is 37.7 Å². The van der Waals surface area contributed by atoms with Crippen LogP contribution >= 0.6 is 11.9 Å². The summed E-state index contributed by atoms with van der Waals surface area (Å²) in [5.74, 6) is 2.21. The topological polar surface area (TPSA) is 41.1 Å². The quantitative estimate of drug-likeness (QED) is 0.466. The van der Waals surface area contributed by atoms with Gasteiger partial charge in [0.25, 0.3) is 0 Å². The van der Waals surface area contributed by atoms with Gasteiger partial charge >= 0.3 is 0 Å². The Morgan fingerprint density at radius 3 is 2.34 bits per heavy atom. The molecule has 164 valence electrons. The molecule has 1 saturated carbocycles. The van der Waals surface area contributed by atoms with Crippen LogP contribution in [0.25, 0.3) is 0 Å². The molecule has 0 aromatic heterocycles. The van der Waals surface area contributed by atoms with Crippen molar-refractivity contribution in [1.82, 2.24) is 10.0 Å². The SMILES string of the molecule is CCC(CC)C(NC(=O)C(C)(C)NSc1cccc(F)c1)C1CC(C)CC(C)C1. The normalized spacial score (nSPS) is 23.8. The average molecular weight is 423 g/mol. The van der Waals surface area contributed by atoms with Gasteiger partial charge in [0.2, 0.25) is 5.91 Å². The summed E-state index contributed by atoms with van der Waals surface area (Å²) in [4.78, 5) is 14.0. The molecule has 2 rings (SSSR count). The summed E-state index contributed by atoms with van der Waals surface area (Å²) in [5.41, 5.74) is -0.757. The second-order valence-corrected chi connectivity index (χ2v) is 10.4. The monoisotopic (exact) mass is 422 g/mol. The first-order valence-corrected chi connectivity index (χ1v) is 12.0. The van der Waals surface area contributed by atoms with E-state index in [-0.39, 0.29) is 17.8 Å². The molecule has 0 radical (unpaired) electrons. The van der Waals surface area contributed by atoms with Crippen LogP contribution in [-0.2, 0) is 4.79 Å². The lowest BCUT2D eigenvalue weighted by molar-refractivity contribution is -0.127. The van der Waals surface area contributed by atoms with Gasteiger partial charge in [-0.25, -0.2) is 9.11 Å². The number of amides is 1. The molecule has 0 spiro atoms. The first kappa shape index (κ1) is 24.2. The van der Waals surface area contributed by atoms with E-state index in [1.807, 2.05) is 19.9 Å². The van der Waals surface area contributed by atoms with Crippen molar-refractivity contribution in [3.63, 3.8) is 0 Å². The Bertz CT molecular complexity index is 652. The average Bonchev–Trinajstić information content (AvgIpc) is 2.65. The van der Waals surface area contributed by atoms with Crippen LogP contribution in [0.5, 0.6) is 0 Å². The Labute approximate surface area is 181 Å². The van der Waals surface area contributed by atoms with Gasteiger partial charge in [0.1, 0.15) is 11.4 Å². The van der Waals surface area contributed by atoms with E-state index in [9.17, 15) is 9.18 Å². The summed E-state index contributed by atoms with van der Waals surface area (Å²) in [5, 5.41) is 3.43. The molecule has 0 bridgehead atoms. The fourth-order valence-corrected chi connectivity index (χ4v) is 5.60. The lowest BCUT2D eigenvalue weighted by Crippen LogP contribution is -2.56. The minimum Gasteiger partial charge on any atom is -0.351 e. The minimum atomic E-state index is -0.757. The smallest absolute Gasteiger partial charge is 0.240 e. The summed E-state index contributed by atoms with van der Waals surface area (Å²) in [6, 6.07) is 6.63. The van der Waals surface area contributed by atoms with E-state index < -0.39 is 5.54 Å². The Morgan fingerprint density at radius 1 is 1.17 bits per heavy atom. The number of rotatable bonds is 9. The Hall–Kier alpha value is -1.07. The van der Waals surface area contributed by atoms with E-state index in [1.165, 1.54) is 43.3 Å². The highest BCUT2D eigenvalue weighted by atomic mass is 32.2. The summed E-state index contributed by atoms with van der Waals surface area (Å²) >= 11 is 1.30. The first-order chi connectivity index (χ1) is 13.7. The second-order valence-electron chi connectivity index (χ2n) is 9.54. The summed E-state index contributed by atoms with van der Waals surface area (Å²) in [6.45, 7) is 12.9. The number of nitrogens with one attached hydrogen (secondary N) is 2. The van der Waals surface area contributed by atoms with Gasteiger partial charge in [0.05, 0.1) is 0 Å². The standard InChI is InChI=1S/C24H39FN2OS/c1-7-18(8-2)22(19-13-16(3)12-17(4)14-19)26-23(28)24(5,6)27-29-21-11-9-10-20(25)15-21/h9-11,15-19,22,27H,7-8,12-14H2,1-6H3,(H,26,28). The molecule has 3 nitrogen and oxygen atoms in total. The zero-order valence-electron chi connectivity index (χ0n) is 18.9. The molecule has 1 aliphatic rings. The highest BCUT2D eigenvalue weighted by molar-refractivity contribution is 7.97. The van der Waals surface area contributed by atoms with E-state index in [0.29, 0.717) is 23.7 Å². The minimum absolute atomic E-state index is 0.0178. The van der Waals surface area contributed by atoms with Gasteiger partial charge in [-0.2, -0.15) is 0 Å². The first-order valence-electron chi connectivity index (χ1n) is 11.2. The third-order valence-electron chi connectivity index (χ3n) is 6.37. The Kier molecular flexibility index (Phi) is 9.02. The highest BCUT2D eigenvalue weighted by Crippen LogP contribution is 2.38. The van der Waals surface area contributed by atoms with Crippen LogP contribution in [0.3, 0.4) is 0 Å². The maximum absolute atomic E-state index is 13.4. The predicted octanol–water partition coefficient (Wildman–Crippen LogP) is 6.19. The van der Waals surface area contributed by atoms with Crippen LogP contribution < -0.4 is 10.0 Å². The molecule has 0 heterocycles. The van der Waals surface area contributed by atoms with Crippen LogP contribution in [0.1, 0.15) is 73.6 Å². The van der Waals surface area contributed by atoms with Gasteiger partial charge in [-0.3, -0.25) is 4.79 Å². The molecule has 1 aromatic carbocycles. The van der Waals surface area contributed by atoms with Crippen molar-refractivity contribution in [2.24, 2.45) is 23.7 Å². The third-order valence-corrected chi connectivity index (χ3v) is 7.47. The fraction of sp³-hybridized carbons (Fsp3) is 0.708. The summed E-state index contributed by atoms with van der Waals surface area (Å²) < 4.78 is 16.7. The summed E-state index contributed by atoms with van der Waals surface area (Å²) in [6.07, 6.45) is 5.83. The maximum Gasteiger partial charge on any atom is 0.240 e. The van der Waals surface area contributed by atoms with Crippen LogP contribution in [0.2, 0.25) is 0 Å². The van der Waals surface area contributed by atoms with E-state index >= 15 is 0 Å². The zero-order valence-corrected chi connectivity index (χ0v) is 19.7. The molecular formula is C24H39FN2OS. The van der Waals surface area contributed by atoms with Crippen molar-refractivity contribution < 1.29 is 9.18 Å². The van der Waals surface area contributed by atoms with Crippen LogP contribution in [0, 0.1) is 29.5 Å². The van der Waals surface area contributed by atoms with Gasteiger partial charge in [-0.1, -0.05) is 46.6 Å². The van der Waals surface area contributed by atoms with Crippen molar-refractivity contribution >= 4 is 17.9 Å². The van der Waals surface area contributed by atoms with Gasteiger partial charge in [-0.15, -0.1) is 0 Å². The second kappa shape index (κ2) is 10.8. The molecular weight excluding hydrogens is 383 g/mol. The number of hydrogen-bond donors (Lipinski definition) is 2. The van der Waals surface area contributed by atoms with Crippen molar-refractivity contribution in [2.75, 3.05) is 0 Å². The highest BCUT2D eigenvalue weighted by Gasteiger charge is 2.37. The van der Waals surface area contributed by atoms with Crippen LogP contribution in [0.4, 0.5) is 4.39 Å². The zero-order chi connectivity index (χ0) is 21.6. The van der Waals surface area contributed by atoms with Crippen LogP contribution in [-0.4, -0.2) is 17.5 Å². The lowest BCUT2D eigenvalue weighted by Gasteiger charge is -2.41.